The molecule has 0 radical (unpaired) electrons. The van der Waals surface area contributed by atoms with E-state index >= 15 is 0 Å². The summed E-state index contributed by atoms with van der Waals surface area (Å²) in [6.07, 6.45) is 8.17. The number of amides is 2. The molecule has 0 unspecified atom stereocenters. The summed E-state index contributed by atoms with van der Waals surface area (Å²) in [5.41, 5.74) is 2.48. The Balaban J connectivity index is 1.16. The van der Waals surface area contributed by atoms with Crippen LogP contribution in [0.5, 0.6) is 5.19 Å². The lowest BCUT2D eigenvalue weighted by atomic mass is 10.0. The van der Waals surface area contributed by atoms with E-state index in [9.17, 15) is 19.5 Å². The highest BCUT2D eigenvalue weighted by Crippen LogP contribution is 2.45. The molecule has 3 N–H and O–H groups in total. The molecule has 0 spiro atoms. The molecule has 1 aromatic heterocycles. The van der Waals surface area contributed by atoms with Crippen LogP contribution in [0, 0.1) is 5.92 Å². The highest BCUT2D eigenvalue weighted by Gasteiger charge is 2.61. The molecule has 47 heavy (non-hydrogen) atoms. The first-order valence-corrected chi connectivity index (χ1v) is 17.2. The van der Waals surface area contributed by atoms with Gasteiger partial charge in [-0.2, -0.15) is 0 Å². The Morgan fingerprint density at radius 3 is 2.53 bits per heavy atom. The molecule has 1 saturated carbocycles. The van der Waals surface area contributed by atoms with Crippen LogP contribution in [-0.2, 0) is 14.4 Å². The van der Waals surface area contributed by atoms with Gasteiger partial charge in [-0.1, -0.05) is 90.9 Å². The number of fused-ring (bicyclic) bond motifs is 3. The third kappa shape index (κ3) is 6.60. The monoisotopic (exact) mass is 650 g/mol. The summed E-state index contributed by atoms with van der Waals surface area (Å²) >= 11 is 1.42. The van der Waals surface area contributed by atoms with Crippen LogP contribution in [0.3, 0.4) is 0 Å². The second-order valence-electron chi connectivity index (χ2n) is 12.7. The summed E-state index contributed by atoms with van der Waals surface area (Å²) < 4.78 is 7.29. The Kier molecular flexibility index (Phi) is 8.68. The van der Waals surface area contributed by atoms with Crippen molar-refractivity contribution in [3.63, 3.8) is 0 Å². The number of hydrogen-bond donors (Lipinski definition) is 3. The number of aliphatic carboxylic acids is 1. The van der Waals surface area contributed by atoms with Gasteiger partial charge in [-0.05, 0) is 61.1 Å². The van der Waals surface area contributed by atoms with E-state index in [1.165, 1.54) is 11.3 Å². The molecule has 2 amide bonds. The molecule has 2 fully saturated rings. The number of allylic oxidation sites excluding steroid dienone is 1. The zero-order chi connectivity index (χ0) is 32.4. The van der Waals surface area contributed by atoms with E-state index in [0.29, 0.717) is 18.0 Å². The van der Waals surface area contributed by atoms with Crippen molar-refractivity contribution in [3.05, 3.63) is 91.0 Å². The van der Waals surface area contributed by atoms with Crippen LogP contribution in [0.4, 0.5) is 5.69 Å². The topological polar surface area (TPSA) is 121 Å². The molecular weight excluding hydrogens is 612 g/mol. The number of nitrogens with one attached hydrogen (secondary N) is 2. The predicted octanol–water partition coefficient (Wildman–Crippen LogP) is 6.27. The third-order valence-electron chi connectivity index (χ3n) is 9.50. The molecule has 1 saturated heterocycles. The summed E-state index contributed by atoms with van der Waals surface area (Å²) in [6.45, 7) is 0.196. The van der Waals surface area contributed by atoms with Gasteiger partial charge in [0.1, 0.15) is 23.7 Å². The summed E-state index contributed by atoms with van der Waals surface area (Å²) in [4.78, 5) is 46.9. The van der Waals surface area contributed by atoms with Crippen LogP contribution in [-0.4, -0.2) is 63.0 Å². The SMILES string of the molecule is O=C1N[C@]2(C(=O)O)C[C@H]2C=CCCCCC[C@H](Nc2ccc(-c3ccccc3)cc2)C(=O)N2C[C@H](Oc3nc4ccccc4s3)C[C@@H]12. The van der Waals surface area contributed by atoms with E-state index in [2.05, 4.69) is 27.8 Å². The van der Waals surface area contributed by atoms with Crippen molar-refractivity contribution in [1.29, 1.82) is 0 Å². The fourth-order valence-corrected chi connectivity index (χ4v) is 7.66. The summed E-state index contributed by atoms with van der Waals surface area (Å²) in [5.74, 6) is -1.99. The molecule has 10 heteroatoms. The molecule has 7 rings (SSSR count). The maximum Gasteiger partial charge on any atom is 0.330 e. The van der Waals surface area contributed by atoms with Gasteiger partial charge in [0.05, 0.1) is 16.8 Å². The number of benzene rings is 3. The molecule has 9 nitrogen and oxygen atoms in total. The quantitative estimate of drug-likeness (QED) is 0.210. The number of aromatic nitrogens is 1. The van der Waals surface area contributed by atoms with Crippen LogP contribution >= 0.6 is 11.3 Å². The smallest absolute Gasteiger partial charge is 0.330 e. The summed E-state index contributed by atoms with van der Waals surface area (Å²) in [6, 6.07) is 24.5. The molecule has 5 atom stereocenters. The second kappa shape index (κ2) is 13.2. The number of para-hydroxylation sites is 1. The van der Waals surface area contributed by atoms with Crippen LogP contribution in [0.15, 0.2) is 91.0 Å². The van der Waals surface area contributed by atoms with E-state index < -0.39 is 35.6 Å². The molecule has 242 valence electrons. The number of thiazole rings is 1. The maximum absolute atomic E-state index is 14.4. The van der Waals surface area contributed by atoms with Crippen LogP contribution < -0.4 is 15.4 Å². The summed E-state index contributed by atoms with van der Waals surface area (Å²) in [5, 5.41) is 16.9. The number of rotatable bonds is 6. The number of carboxylic acid groups (broad SMARTS) is 1. The normalized spacial score (nSPS) is 26.4. The highest BCUT2D eigenvalue weighted by atomic mass is 32.1. The zero-order valence-electron chi connectivity index (χ0n) is 26.0. The minimum atomic E-state index is -1.35. The van der Waals surface area contributed by atoms with Crippen molar-refractivity contribution < 1.29 is 24.2 Å². The van der Waals surface area contributed by atoms with Crippen molar-refractivity contribution >= 4 is 45.0 Å². The average Bonchev–Trinajstić information content (AvgIpc) is 3.39. The Labute approximate surface area is 277 Å². The molecular formula is C37H38N4O5S. The highest BCUT2D eigenvalue weighted by molar-refractivity contribution is 7.20. The third-order valence-corrected chi connectivity index (χ3v) is 10.4. The lowest BCUT2D eigenvalue weighted by Gasteiger charge is -2.30. The number of carbonyl (C=O) groups excluding carboxylic acids is 2. The van der Waals surface area contributed by atoms with E-state index in [-0.39, 0.29) is 24.8 Å². The van der Waals surface area contributed by atoms with Crippen molar-refractivity contribution in [2.75, 3.05) is 11.9 Å². The van der Waals surface area contributed by atoms with Gasteiger partial charge in [-0.25, -0.2) is 9.78 Å². The molecule has 0 bridgehead atoms. The fraction of sp³-hybridized carbons (Fsp3) is 0.351. The van der Waals surface area contributed by atoms with Gasteiger partial charge >= 0.3 is 5.97 Å². The van der Waals surface area contributed by atoms with E-state index in [1.54, 1.807) is 4.90 Å². The Morgan fingerprint density at radius 2 is 1.74 bits per heavy atom. The second-order valence-corrected chi connectivity index (χ2v) is 13.7. The first-order valence-electron chi connectivity index (χ1n) is 16.4. The van der Waals surface area contributed by atoms with Gasteiger partial charge in [0.2, 0.25) is 11.8 Å². The number of hydrogen-bond acceptors (Lipinski definition) is 7. The predicted molar refractivity (Wildman–Crippen MR) is 182 cm³/mol. The minimum Gasteiger partial charge on any atom is -0.479 e. The Bertz CT molecular complexity index is 1760. The van der Waals surface area contributed by atoms with Gasteiger partial charge in [0.25, 0.3) is 5.19 Å². The summed E-state index contributed by atoms with van der Waals surface area (Å²) in [7, 11) is 0. The molecule has 4 aromatic rings. The largest absolute Gasteiger partial charge is 0.479 e. The number of carbonyl (C=O) groups is 3. The first-order chi connectivity index (χ1) is 22.9. The minimum absolute atomic E-state index is 0.196. The number of ether oxygens (including phenoxy) is 1. The Morgan fingerprint density at radius 1 is 0.979 bits per heavy atom. The van der Waals surface area contributed by atoms with Gasteiger partial charge in [-0.15, -0.1) is 0 Å². The number of nitrogens with zero attached hydrogens (tertiary/aromatic N) is 2. The van der Waals surface area contributed by atoms with Gasteiger partial charge < -0.3 is 25.4 Å². The number of carboxylic acids is 1. The maximum atomic E-state index is 14.4. The van der Waals surface area contributed by atoms with Crippen molar-refractivity contribution in [1.82, 2.24) is 15.2 Å². The molecule has 3 heterocycles. The zero-order valence-corrected chi connectivity index (χ0v) is 26.8. The lowest BCUT2D eigenvalue weighted by Crippen LogP contribution is -2.55. The van der Waals surface area contributed by atoms with Crippen LogP contribution in [0.2, 0.25) is 0 Å². The van der Waals surface area contributed by atoms with Crippen molar-refractivity contribution in [3.8, 4) is 16.3 Å². The van der Waals surface area contributed by atoms with Crippen LogP contribution in [0.1, 0.15) is 44.9 Å². The van der Waals surface area contributed by atoms with Gasteiger partial charge in [-0.3, -0.25) is 9.59 Å². The van der Waals surface area contributed by atoms with Crippen molar-refractivity contribution in [2.45, 2.75) is 68.7 Å². The van der Waals surface area contributed by atoms with E-state index in [1.807, 2.05) is 78.9 Å². The standard InChI is InChI=1S/C37H38N4O5S/c42-33-31-21-28(46-36-39-29-14-9-10-16-32(29)47-36)23-41(31)34(43)30(38-27-19-17-25(18-20-27)24-11-5-4-6-12-24)15-8-3-1-2-7-13-26-22-37(26,40-33)35(44)45/h4-7,9-14,16-20,26,28,30-31,38H,1-3,8,15,21-23H2,(H,40,42)(H,44,45)/t26-,28-,30+,31+,37-/m1/s1. The first kappa shape index (κ1) is 30.9. The molecule has 2 aliphatic heterocycles. The van der Waals surface area contributed by atoms with Gasteiger partial charge in [0, 0.05) is 18.0 Å². The fourth-order valence-electron chi connectivity index (χ4n) is 6.78. The van der Waals surface area contributed by atoms with Crippen molar-refractivity contribution in [2.24, 2.45) is 5.92 Å². The lowest BCUT2D eigenvalue weighted by molar-refractivity contribution is -0.145. The number of anilines is 1. The average molecular weight is 651 g/mol. The molecule has 3 aromatic carbocycles. The van der Waals surface area contributed by atoms with Gasteiger partial charge in [0.15, 0.2) is 0 Å². The Hall–Kier alpha value is -4.70. The van der Waals surface area contributed by atoms with E-state index in [4.69, 9.17) is 4.74 Å². The molecule has 1 aliphatic carbocycles. The van der Waals surface area contributed by atoms with E-state index in [0.717, 1.165) is 52.7 Å². The molecule has 3 aliphatic rings. The van der Waals surface area contributed by atoms with Crippen LogP contribution in [0.25, 0.3) is 21.3 Å².